The minimum atomic E-state index is -4.07. The Hall–Kier alpha value is -3.11. The molecule has 0 spiro atoms. The van der Waals surface area contributed by atoms with Gasteiger partial charge in [-0.25, -0.2) is 13.2 Å². The van der Waals surface area contributed by atoms with Gasteiger partial charge in [-0.05, 0) is 74.9 Å². The van der Waals surface area contributed by atoms with Gasteiger partial charge in [0.25, 0.3) is 0 Å². The normalized spacial score (nSPS) is 15.9. The van der Waals surface area contributed by atoms with Crippen molar-refractivity contribution in [3.05, 3.63) is 48.5 Å². The quantitative estimate of drug-likeness (QED) is 0.574. The SMILES string of the molecule is CN(C)c1ccc(-c2ccc(S(=O)(=O)N[C@@H](C(=O)O)C3CCN(C(=O)OC(C)(C)C)CC3)cc2)cc1. The van der Waals surface area contributed by atoms with E-state index < -0.39 is 39.6 Å². The number of rotatable bonds is 7. The lowest BCUT2D eigenvalue weighted by molar-refractivity contribution is -0.140. The number of anilines is 1. The van der Waals surface area contributed by atoms with E-state index in [9.17, 15) is 23.1 Å². The van der Waals surface area contributed by atoms with Crippen LogP contribution in [-0.4, -0.2) is 69.3 Å². The van der Waals surface area contributed by atoms with E-state index >= 15 is 0 Å². The van der Waals surface area contributed by atoms with Crippen LogP contribution in [0.2, 0.25) is 0 Å². The molecule has 0 aromatic heterocycles. The molecule has 1 heterocycles. The fraction of sp³-hybridized carbons (Fsp3) is 0.462. The Balaban J connectivity index is 1.67. The predicted molar refractivity (Wildman–Crippen MR) is 138 cm³/mol. The highest BCUT2D eigenvalue weighted by Crippen LogP contribution is 2.26. The Morgan fingerprint density at radius 1 is 1.00 bits per heavy atom. The third-order valence-corrected chi connectivity index (χ3v) is 7.55. The van der Waals surface area contributed by atoms with Gasteiger partial charge in [0.2, 0.25) is 10.0 Å². The molecule has 2 N–H and O–H groups in total. The summed E-state index contributed by atoms with van der Waals surface area (Å²) in [5.41, 5.74) is 2.22. The molecule has 3 rings (SSSR count). The molecule has 1 saturated heterocycles. The maximum Gasteiger partial charge on any atom is 0.410 e. The van der Waals surface area contributed by atoms with Crippen LogP contribution in [0.15, 0.2) is 53.4 Å². The summed E-state index contributed by atoms with van der Waals surface area (Å²) in [4.78, 5) is 27.8. The predicted octanol–water partition coefficient (Wildman–Crippen LogP) is 3.80. The number of likely N-dealkylation sites (tertiary alicyclic amines) is 1. The van der Waals surface area contributed by atoms with E-state index in [0.29, 0.717) is 25.9 Å². The number of carboxylic acids is 1. The van der Waals surface area contributed by atoms with E-state index in [2.05, 4.69) is 4.72 Å². The van der Waals surface area contributed by atoms with Crippen molar-refractivity contribution in [1.82, 2.24) is 9.62 Å². The fourth-order valence-corrected chi connectivity index (χ4v) is 5.36. The van der Waals surface area contributed by atoms with Crippen molar-refractivity contribution >= 4 is 27.8 Å². The van der Waals surface area contributed by atoms with Crippen LogP contribution in [0.4, 0.5) is 10.5 Å². The molecule has 0 saturated carbocycles. The van der Waals surface area contributed by atoms with Crippen LogP contribution in [0, 0.1) is 5.92 Å². The van der Waals surface area contributed by atoms with Crippen LogP contribution < -0.4 is 9.62 Å². The number of hydrogen-bond donors (Lipinski definition) is 2. The van der Waals surface area contributed by atoms with Crippen LogP contribution in [-0.2, 0) is 19.6 Å². The first-order valence-electron chi connectivity index (χ1n) is 11.9. The summed E-state index contributed by atoms with van der Waals surface area (Å²) in [5.74, 6) is -1.70. The number of nitrogens with zero attached hydrogens (tertiary/aromatic N) is 2. The molecular formula is C26H35N3O6S. The molecule has 1 fully saturated rings. The maximum atomic E-state index is 13.0. The van der Waals surface area contributed by atoms with Crippen LogP contribution in [0.25, 0.3) is 11.1 Å². The second kappa shape index (κ2) is 10.9. The minimum Gasteiger partial charge on any atom is -0.480 e. The van der Waals surface area contributed by atoms with Crippen molar-refractivity contribution in [2.45, 2.75) is 50.2 Å². The number of amides is 1. The highest BCUT2D eigenvalue weighted by atomic mass is 32.2. The largest absolute Gasteiger partial charge is 0.480 e. The monoisotopic (exact) mass is 517 g/mol. The Bertz CT molecular complexity index is 1160. The van der Waals surface area contributed by atoms with Crippen molar-refractivity contribution in [3.63, 3.8) is 0 Å². The molecule has 0 aliphatic carbocycles. The van der Waals surface area contributed by atoms with E-state index in [4.69, 9.17) is 4.74 Å². The zero-order chi connectivity index (χ0) is 26.7. The van der Waals surface area contributed by atoms with Crippen molar-refractivity contribution in [1.29, 1.82) is 0 Å². The van der Waals surface area contributed by atoms with Gasteiger partial charge in [-0.1, -0.05) is 24.3 Å². The van der Waals surface area contributed by atoms with E-state index in [0.717, 1.165) is 16.8 Å². The summed E-state index contributed by atoms with van der Waals surface area (Å²) in [7, 11) is -0.158. The Morgan fingerprint density at radius 2 is 1.50 bits per heavy atom. The number of carbonyl (C=O) groups is 2. The van der Waals surface area contributed by atoms with Crippen molar-refractivity contribution < 1.29 is 27.9 Å². The van der Waals surface area contributed by atoms with E-state index in [1.807, 2.05) is 43.3 Å². The number of hydrogen-bond acceptors (Lipinski definition) is 6. The first kappa shape index (κ1) is 27.5. The first-order chi connectivity index (χ1) is 16.8. The summed E-state index contributed by atoms with van der Waals surface area (Å²) in [6.07, 6.45) is 0.242. The Kier molecular flexibility index (Phi) is 8.30. The summed E-state index contributed by atoms with van der Waals surface area (Å²) in [6.45, 7) is 5.93. The van der Waals surface area contributed by atoms with Gasteiger partial charge in [-0.15, -0.1) is 0 Å². The van der Waals surface area contributed by atoms with Crippen LogP contribution in [0.5, 0.6) is 0 Å². The molecular weight excluding hydrogens is 482 g/mol. The molecule has 0 bridgehead atoms. The summed E-state index contributed by atoms with van der Waals surface area (Å²) >= 11 is 0. The van der Waals surface area contributed by atoms with E-state index in [-0.39, 0.29) is 4.90 Å². The van der Waals surface area contributed by atoms with Gasteiger partial charge in [0.15, 0.2) is 0 Å². The van der Waals surface area contributed by atoms with Gasteiger partial charge in [-0.3, -0.25) is 4.79 Å². The number of piperidine rings is 1. The van der Waals surface area contributed by atoms with E-state index in [1.54, 1.807) is 32.9 Å². The maximum absolute atomic E-state index is 13.0. The molecule has 0 unspecified atom stereocenters. The zero-order valence-corrected chi connectivity index (χ0v) is 22.2. The second-order valence-electron chi connectivity index (χ2n) is 10.2. The van der Waals surface area contributed by atoms with Gasteiger partial charge < -0.3 is 19.6 Å². The van der Waals surface area contributed by atoms with E-state index in [1.165, 1.54) is 17.0 Å². The Morgan fingerprint density at radius 3 is 1.94 bits per heavy atom. The number of nitrogens with one attached hydrogen (secondary N) is 1. The highest BCUT2D eigenvalue weighted by Gasteiger charge is 2.36. The molecule has 2 aromatic carbocycles. The molecule has 1 aliphatic heterocycles. The van der Waals surface area contributed by atoms with Gasteiger partial charge >= 0.3 is 12.1 Å². The first-order valence-corrected chi connectivity index (χ1v) is 13.4. The lowest BCUT2D eigenvalue weighted by atomic mass is 9.90. The smallest absolute Gasteiger partial charge is 0.410 e. The standard InChI is InChI=1S/C26H35N3O6S/c1-26(2,3)35-25(32)29-16-14-20(15-17-29)23(24(30)31)27-36(33,34)22-12-8-19(9-13-22)18-6-10-21(11-7-18)28(4)5/h6-13,20,23,27H,14-17H2,1-5H3,(H,30,31)/t23-/m1/s1. The number of sulfonamides is 1. The molecule has 10 heteroatoms. The summed E-state index contributed by atoms with van der Waals surface area (Å²) in [6, 6.07) is 12.9. The molecule has 1 atom stereocenters. The molecule has 0 radical (unpaired) electrons. The van der Waals surface area contributed by atoms with Crippen LogP contribution in [0.1, 0.15) is 33.6 Å². The summed E-state index contributed by atoms with van der Waals surface area (Å²) in [5, 5.41) is 9.78. The number of carbonyl (C=O) groups excluding carboxylic acids is 1. The van der Waals surface area contributed by atoms with Crippen molar-refractivity contribution in [3.8, 4) is 11.1 Å². The van der Waals surface area contributed by atoms with Gasteiger partial charge in [0.05, 0.1) is 4.90 Å². The fourth-order valence-electron chi connectivity index (χ4n) is 4.10. The molecule has 196 valence electrons. The molecule has 1 amide bonds. The Labute approximate surface area is 213 Å². The van der Waals surface area contributed by atoms with Gasteiger partial charge in [0, 0.05) is 32.9 Å². The summed E-state index contributed by atoms with van der Waals surface area (Å²) < 4.78 is 33.8. The van der Waals surface area contributed by atoms with Gasteiger partial charge in [-0.2, -0.15) is 4.72 Å². The number of benzene rings is 2. The average molecular weight is 518 g/mol. The van der Waals surface area contributed by atoms with Crippen LogP contribution in [0.3, 0.4) is 0 Å². The lowest BCUT2D eigenvalue weighted by Crippen LogP contribution is -2.50. The molecule has 36 heavy (non-hydrogen) atoms. The van der Waals surface area contributed by atoms with Crippen molar-refractivity contribution in [2.75, 3.05) is 32.1 Å². The van der Waals surface area contributed by atoms with Gasteiger partial charge in [0.1, 0.15) is 11.6 Å². The topological polar surface area (TPSA) is 116 Å². The third kappa shape index (κ3) is 6.98. The van der Waals surface area contributed by atoms with Crippen LogP contribution >= 0.6 is 0 Å². The van der Waals surface area contributed by atoms with Crippen molar-refractivity contribution in [2.24, 2.45) is 5.92 Å². The number of carboxylic acid groups (broad SMARTS) is 1. The highest BCUT2D eigenvalue weighted by molar-refractivity contribution is 7.89. The lowest BCUT2D eigenvalue weighted by Gasteiger charge is -2.35. The number of aliphatic carboxylic acids is 1. The molecule has 9 nitrogen and oxygen atoms in total. The average Bonchev–Trinajstić information content (AvgIpc) is 2.81. The number of ether oxygens (including phenoxy) is 1. The second-order valence-corrected chi connectivity index (χ2v) is 11.9. The molecule has 1 aliphatic rings. The minimum absolute atomic E-state index is 0.00592. The molecule has 2 aromatic rings. The third-order valence-electron chi connectivity index (χ3n) is 6.09. The zero-order valence-electron chi connectivity index (χ0n) is 21.4.